The summed E-state index contributed by atoms with van der Waals surface area (Å²) in [7, 11) is 1.32. The van der Waals surface area contributed by atoms with Crippen LogP contribution in [0, 0.1) is 11.3 Å². The van der Waals surface area contributed by atoms with Crippen LogP contribution in [0.5, 0.6) is 0 Å². The van der Waals surface area contributed by atoms with Gasteiger partial charge in [-0.05, 0) is 43.6 Å². The molecule has 2 rings (SSSR count). The van der Waals surface area contributed by atoms with Gasteiger partial charge < -0.3 is 9.84 Å². The minimum Gasteiger partial charge on any atom is -0.466 e. The van der Waals surface area contributed by atoms with Crippen LogP contribution >= 0.6 is 0 Å². The molecule has 5 nitrogen and oxygen atoms in total. The highest BCUT2D eigenvalue weighted by Crippen LogP contribution is 2.58. The zero-order valence-electron chi connectivity index (χ0n) is 12.7. The van der Waals surface area contributed by atoms with Gasteiger partial charge in [0, 0.05) is 11.0 Å². The summed E-state index contributed by atoms with van der Waals surface area (Å²) in [6.45, 7) is 9.80. The fourth-order valence-corrected chi connectivity index (χ4v) is 3.94. The molecule has 0 amide bonds. The Hall–Kier alpha value is -1.17. The van der Waals surface area contributed by atoms with Gasteiger partial charge in [-0.2, -0.15) is 0 Å². The van der Waals surface area contributed by atoms with Crippen molar-refractivity contribution in [3.63, 3.8) is 0 Å². The van der Waals surface area contributed by atoms with Crippen LogP contribution in [0.25, 0.3) is 0 Å². The molecule has 2 N–H and O–H groups in total. The van der Waals surface area contributed by atoms with Gasteiger partial charge in [-0.15, -0.1) is 0 Å². The normalized spacial score (nSPS) is 39.5. The molecule has 4 atom stereocenters. The molecule has 0 aromatic carbocycles. The minimum atomic E-state index is -1.04. The first-order valence-corrected chi connectivity index (χ1v) is 7.28. The van der Waals surface area contributed by atoms with E-state index < -0.39 is 17.7 Å². The van der Waals surface area contributed by atoms with E-state index in [1.54, 1.807) is 0 Å². The molecular formula is C16H24O5. The number of methoxy groups -OCH3 is 1. The lowest BCUT2D eigenvalue weighted by Crippen LogP contribution is -2.58. The predicted octanol–water partition coefficient (Wildman–Crippen LogP) is 2.46. The molecule has 2 aliphatic rings. The maximum Gasteiger partial charge on any atom is 0.333 e. The molecule has 21 heavy (non-hydrogen) atoms. The number of aliphatic hydroxyl groups excluding tert-OH is 1. The monoisotopic (exact) mass is 296 g/mol. The van der Waals surface area contributed by atoms with Crippen molar-refractivity contribution < 1.29 is 24.8 Å². The van der Waals surface area contributed by atoms with E-state index in [1.165, 1.54) is 7.11 Å². The first-order valence-electron chi connectivity index (χ1n) is 7.28. The minimum absolute atomic E-state index is 0.153. The predicted molar refractivity (Wildman–Crippen MR) is 77.4 cm³/mol. The van der Waals surface area contributed by atoms with Crippen LogP contribution in [-0.4, -0.2) is 35.1 Å². The number of ether oxygens (including phenoxy) is 1. The summed E-state index contributed by atoms with van der Waals surface area (Å²) in [6, 6.07) is 0. The Balaban J connectivity index is 2.33. The molecule has 5 heteroatoms. The maximum atomic E-state index is 11.7. The quantitative estimate of drug-likeness (QED) is 0.275. The standard InChI is InChI=1S/C16H24O5/c1-10(14(18)20-4)12-5-7-15(3)8-6-13(17)11(2)16(15,9-12)21-19/h12-13,17,19H,1-2,5-9H2,3-4H3/t12-,13+,15+,16-/m1/s1. The number of rotatable bonds is 3. The van der Waals surface area contributed by atoms with E-state index in [0.717, 1.165) is 19.3 Å². The second-order valence-corrected chi connectivity index (χ2v) is 6.52. The summed E-state index contributed by atoms with van der Waals surface area (Å²) < 4.78 is 4.73. The Labute approximate surface area is 125 Å². The summed E-state index contributed by atoms with van der Waals surface area (Å²) >= 11 is 0. The fourth-order valence-electron chi connectivity index (χ4n) is 3.94. The summed E-state index contributed by atoms with van der Waals surface area (Å²) in [6.07, 6.45) is 2.58. The number of hydrogen-bond donors (Lipinski definition) is 2. The molecule has 2 saturated carbocycles. The molecule has 0 bridgehead atoms. The topological polar surface area (TPSA) is 76.0 Å². The van der Waals surface area contributed by atoms with Crippen molar-refractivity contribution in [3.8, 4) is 0 Å². The summed E-state index contributed by atoms with van der Waals surface area (Å²) in [5.74, 6) is -0.599. The van der Waals surface area contributed by atoms with Crippen molar-refractivity contribution in [2.75, 3.05) is 7.11 Å². The lowest BCUT2D eigenvalue weighted by atomic mass is 9.52. The van der Waals surface area contributed by atoms with Crippen molar-refractivity contribution in [2.45, 2.75) is 50.7 Å². The van der Waals surface area contributed by atoms with Crippen LogP contribution in [0.3, 0.4) is 0 Å². The third kappa shape index (κ3) is 2.33. The molecule has 0 spiro atoms. The highest BCUT2D eigenvalue weighted by molar-refractivity contribution is 5.88. The average Bonchev–Trinajstić information content (AvgIpc) is 2.50. The van der Waals surface area contributed by atoms with Gasteiger partial charge in [0.2, 0.25) is 0 Å². The molecule has 0 saturated heterocycles. The lowest BCUT2D eigenvalue weighted by molar-refractivity contribution is -0.357. The molecule has 0 aromatic rings. The summed E-state index contributed by atoms with van der Waals surface area (Å²) in [4.78, 5) is 16.6. The van der Waals surface area contributed by atoms with Gasteiger partial charge in [0.25, 0.3) is 0 Å². The van der Waals surface area contributed by atoms with E-state index in [9.17, 15) is 15.2 Å². The molecular weight excluding hydrogens is 272 g/mol. The first-order chi connectivity index (χ1) is 9.81. The highest BCUT2D eigenvalue weighted by atomic mass is 17.1. The molecule has 0 radical (unpaired) electrons. The zero-order chi connectivity index (χ0) is 15.8. The van der Waals surface area contributed by atoms with Gasteiger partial charge in [0.15, 0.2) is 0 Å². The number of esters is 1. The van der Waals surface area contributed by atoms with Crippen LogP contribution in [0.15, 0.2) is 24.3 Å². The Morgan fingerprint density at radius 3 is 2.57 bits per heavy atom. The third-order valence-corrected chi connectivity index (χ3v) is 5.54. The smallest absolute Gasteiger partial charge is 0.333 e. The number of aliphatic hydroxyl groups is 1. The maximum absolute atomic E-state index is 11.7. The Bertz CT molecular complexity index is 471. The van der Waals surface area contributed by atoms with Crippen LogP contribution in [0.1, 0.15) is 39.0 Å². The Kier molecular flexibility index (Phi) is 4.29. The second-order valence-electron chi connectivity index (χ2n) is 6.52. The third-order valence-electron chi connectivity index (χ3n) is 5.54. The van der Waals surface area contributed by atoms with Crippen LogP contribution < -0.4 is 0 Å². The van der Waals surface area contributed by atoms with E-state index in [0.29, 0.717) is 24.0 Å². The van der Waals surface area contributed by atoms with Gasteiger partial charge in [-0.25, -0.2) is 9.68 Å². The average molecular weight is 296 g/mol. The van der Waals surface area contributed by atoms with Crippen molar-refractivity contribution in [1.29, 1.82) is 0 Å². The Morgan fingerprint density at radius 2 is 2.00 bits per heavy atom. The largest absolute Gasteiger partial charge is 0.466 e. The number of hydrogen-bond acceptors (Lipinski definition) is 5. The fraction of sp³-hybridized carbons (Fsp3) is 0.688. The van der Waals surface area contributed by atoms with Crippen LogP contribution in [0.2, 0.25) is 0 Å². The van der Waals surface area contributed by atoms with Gasteiger partial charge in [0.05, 0.1) is 13.2 Å². The summed E-state index contributed by atoms with van der Waals surface area (Å²) in [5, 5.41) is 19.7. The van der Waals surface area contributed by atoms with Crippen molar-refractivity contribution in [1.82, 2.24) is 0 Å². The molecule has 0 unspecified atom stereocenters. The molecule has 118 valence electrons. The highest BCUT2D eigenvalue weighted by Gasteiger charge is 2.59. The lowest BCUT2D eigenvalue weighted by Gasteiger charge is -2.56. The first kappa shape index (κ1) is 16.2. The molecule has 2 aliphatic carbocycles. The SMILES string of the molecule is C=C(C(=O)OC)[C@@H]1CC[C@@]2(C)CC[C@H](O)C(=C)[C@]2(OO)C1. The van der Waals surface area contributed by atoms with Crippen molar-refractivity contribution in [3.05, 3.63) is 24.3 Å². The number of carbonyl (C=O) groups is 1. The van der Waals surface area contributed by atoms with Gasteiger partial charge >= 0.3 is 5.97 Å². The molecule has 0 heterocycles. The Morgan fingerprint density at radius 1 is 1.38 bits per heavy atom. The van der Waals surface area contributed by atoms with E-state index in [-0.39, 0.29) is 11.3 Å². The van der Waals surface area contributed by atoms with Gasteiger partial charge in [0.1, 0.15) is 5.60 Å². The summed E-state index contributed by atoms with van der Waals surface area (Å²) in [5.41, 5.74) is -0.472. The van der Waals surface area contributed by atoms with Crippen LogP contribution in [-0.2, 0) is 14.4 Å². The van der Waals surface area contributed by atoms with Crippen molar-refractivity contribution >= 4 is 5.97 Å². The van der Waals surface area contributed by atoms with Crippen molar-refractivity contribution in [2.24, 2.45) is 11.3 Å². The van der Waals surface area contributed by atoms with E-state index >= 15 is 0 Å². The molecule has 0 aliphatic heterocycles. The van der Waals surface area contributed by atoms with Crippen LogP contribution in [0.4, 0.5) is 0 Å². The van der Waals surface area contributed by atoms with E-state index in [1.807, 2.05) is 6.92 Å². The second kappa shape index (κ2) is 5.55. The van der Waals surface area contributed by atoms with Gasteiger partial charge in [-0.1, -0.05) is 20.1 Å². The molecule has 0 aromatic heterocycles. The van der Waals surface area contributed by atoms with E-state index in [2.05, 4.69) is 13.2 Å². The van der Waals surface area contributed by atoms with E-state index in [4.69, 9.17) is 9.62 Å². The number of carbonyl (C=O) groups excluding carboxylic acids is 1. The zero-order valence-corrected chi connectivity index (χ0v) is 12.7. The molecule has 2 fully saturated rings. The number of fused-ring (bicyclic) bond motifs is 1. The van der Waals surface area contributed by atoms with Gasteiger partial charge in [-0.3, -0.25) is 5.26 Å².